The van der Waals surface area contributed by atoms with Gasteiger partial charge in [-0.2, -0.15) is 0 Å². The minimum absolute atomic E-state index is 0.380. The molecule has 1 amide bonds. The summed E-state index contributed by atoms with van der Waals surface area (Å²) in [6.07, 6.45) is 9.94. The molecule has 1 aliphatic heterocycles. The summed E-state index contributed by atoms with van der Waals surface area (Å²) in [6.45, 7) is 4.14. The number of piperidine rings is 1. The minimum atomic E-state index is 0.380. The van der Waals surface area contributed by atoms with Crippen LogP contribution in [-0.2, 0) is 4.79 Å². The van der Waals surface area contributed by atoms with E-state index in [9.17, 15) is 4.79 Å². The van der Waals surface area contributed by atoms with E-state index in [-0.39, 0.29) is 0 Å². The van der Waals surface area contributed by atoms with Gasteiger partial charge in [-0.1, -0.05) is 19.8 Å². The van der Waals surface area contributed by atoms with Crippen molar-refractivity contribution in [1.82, 2.24) is 4.90 Å². The van der Waals surface area contributed by atoms with Crippen molar-refractivity contribution in [1.29, 1.82) is 0 Å². The molecule has 0 N–H and O–H groups in total. The van der Waals surface area contributed by atoms with E-state index < -0.39 is 0 Å². The molecular formula is C13H23NO. The van der Waals surface area contributed by atoms with Crippen molar-refractivity contribution < 1.29 is 4.79 Å². The maximum absolute atomic E-state index is 11.7. The number of carbonyl (C=O) groups is 1. The Labute approximate surface area is 93.0 Å². The number of nitrogens with zero attached hydrogens (tertiary/aromatic N) is 1. The Hall–Kier alpha value is -0.530. The normalized spacial score (nSPS) is 24.7. The summed E-state index contributed by atoms with van der Waals surface area (Å²) >= 11 is 0. The molecule has 15 heavy (non-hydrogen) atoms. The first-order valence-electron chi connectivity index (χ1n) is 6.54. The molecule has 0 aromatic heterocycles. The molecule has 1 saturated carbocycles. The Kier molecular flexibility index (Phi) is 3.32. The van der Waals surface area contributed by atoms with E-state index in [4.69, 9.17) is 0 Å². The Morgan fingerprint density at radius 1 is 1.13 bits per heavy atom. The van der Waals surface area contributed by atoms with Gasteiger partial charge in [0.1, 0.15) is 0 Å². The quantitative estimate of drug-likeness (QED) is 0.684. The number of hydrogen-bond acceptors (Lipinski definition) is 1. The van der Waals surface area contributed by atoms with Gasteiger partial charge in [-0.15, -0.1) is 0 Å². The second kappa shape index (κ2) is 4.54. The molecule has 0 aromatic rings. The van der Waals surface area contributed by atoms with E-state index in [0.29, 0.717) is 11.3 Å². The van der Waals surface area contributed by atoms with E-state index in [2.05, 4.69) is 11.8 Å². The van der Waals surface area contributed by atoms with Gasteiger partial charge in [-0.05, 0) is 37.5 Å². The van der Waals surface area contributed by atoms with Gasteiger partial charge in [0.05, 0.1) is 0 Å². The summed E-state index contributed by atoms with van der Waals surface area (Å²) in [5.74, 6) is 0.380. The van der Waals surface area contributed by atoms with Crippen LogP contribution >= 0.6 is 0 Å². The number of amides is 1. The standard InChI is InChI=1S/C13H23NO/c1-2-5-12(15)14-10-8-13(9-11-14)6-3-4-7-13/h2-11H2,1H3. The van der Waals surface area contributed by atoms with Crippen LogP contribution in [0.4, 0.5) is 0 Å². The van der Waals surface area contributed by atoms with Crippen molar-refractivity contribution in [3.05, 3.63) is 0 Å². The summed E-state index contributed by atoms with van der Waals surface area (Å²) in [5, 5.41) is 0. The third kappa shape index (κ3) is 2.35. The summed E-state index contributed by atoms with van der Waals surface area (Å²) in [7, 11) is 0. The Bertz CT molecular complexity index is 221. The van der Waals surface area contributed by atoms with Crippen LogP contribution in [0.15, 0.2) is 0 Å². The van der Waals surface area contributed by atoms with Gasteiger partial charge in [0, 0.05) is 19.5 Å². The largest absolute Gasteiger partial charge is 0.343 e. The second-order valence-corrected chi connectivity index (χ2v) is 5.34. The van der Waals surface area contributed by atoms with Crippen molar-refractivity contribution in [2.24, 2.45) is 5.41 Å². The van der Waals surface area contributed by atoms with Crippen LogP contribution in [0.25, 0.3) is 0 Å². The van der Waals surface area contributed by atoms with E-state index in [1.54, 1.807) is 0 Å². The lowest BCUT2D eigenvalue weighted by atomic mass is 9.77. The van der Waals surface area contributed by atoms with E-state index in [1.165, 1.54) is 38.5 Å². The Balaban J connectivity index is 1.83. The molecule has 86 valence electrons. The summed E-state index contributed by atoms with van der Waals surface area (Å²) in [4.78, 5) is 13.8. The second-order valence-electron chi connectivity index (χ2n) is 5.34. The molecule has 0 atom stereocenters. The fourth-order valence-electron chi connectivity index (χ4n) is 3.23. The van der Waals surface area contributed by atoms with Crippen molar-refractivity contribution in [2.75, 3.05) is 13.1 Å². The molecule has 2 fully saturated rings. The molecule has 1 spiro atoms. The van der Waals surface area contributed by atoms with Crippen LogP contribution in [0.3, 0.4) is 0 Å². The first-order chi connectivity index (χ1) is 7.26. The maximum atomic E-state index is 11.7. The molecule has 2 rings (SSSR count). The Morgan fingerprint density at radius 3 is 2.27 bits per heavy atom. The predicted molar refractivity (Wildman–Crippen MR) is 61.6 cm³/mol. The number of rotatable bonds is 2. The average Bonchev–Trinajstić information content (AvgIpc) is 2.68. The molecule has 1 saturated heterocycles. The van der Waals surface area contributed by atoms with Crippen LogP contribution in [0.5, 0.6) is 0 Å². The maximum Gasteiger partial charge on any atom is 0.222 e. The van der Waals surface area contributed by atoms with Gasteiger partial charge in [-0.25, -0.2) is 0 Å². The van der Waals surface area contributed by atoms with Crippen LogP contribution in [0.2, 0.25) is 0 Å². The lowest BCUT2D eigenvalue weighted by Gasteiger charge is -2.39. The summed E-state index contributed by atoms with van der Waals surface area (Å²) in [6, 6.07) is 0. The lowest BCUT2D eigenvalue weighted by Crippen LogP contribution is -2.42. The predicted octanol–water partition coefficient (Wildman–Crippen LogP) is 2.97. The molecule has 0 unspecified atom stereocenters. The van der Waals surface area contributed by atoms with Crippen LogP contribution in [-0.4, -0.2) is 23.9 Å². The topological polar surface area (TPSA) is 20.3 Å². The summed E-state index contributed by atoms with van der Waals surface area (Å²) in [5.41, 5.74) is 0.642. The number of hydrogen-bond donors (Lipinski definition) is 0. The van der Waals surface area contributed by atoms with Gasteiger partial charge in [0.2, 0.25) is 5.91 Å². The van der Waals surface area contributed by atoms with Crippen molar-refractivity contribution >= 4 is 5.91 Å². The molecule has 0 bridgehead atoms. The van der Waals surface area contributed by atoms with Gasteiger partial charge in [0.15, 0.2) is 0 Å². The van der Waals surface area contributed by atoms with Gasteiger partial charge in [0.25, 0.3) is 0 Å². The molecular weight excluding hydrogens is 186 g/mol. The Morgan fingerprint density at radius 2 is 1.73 bits per heavy atom. The third-order valence-corrected chi connectivity index (χ3v) is 4.30. The highest BCUT2D eigenvalue weighted by Gasteiger charge is 2.37. The van der Waals surface area contributed by atoms with Gasteiger partial charge >= 0.3 is 0 Å². The van der Waals surface area contributed by atoms with Gasteiger partial charge < -0.3 is 4.90 Å². The summed E-state index contributed by atoms with van der Waals surface area (Å²) < 4.78 is 0. The average molecular weight is 209 g/mol. The fourth-order valence-corrected chi connectivity index (χ4v) is 3.23. The molecule has 1 aliphatic carbocycles. The molecule has 2 aliphatic rings. The fraction of sp³-hybridized carbons (Fsp3) is 0.923. The zero-order chi connectivity index (χ0) is 10.7. The number of likely N-dealkylation sites (tertiary alicyclic amines) is 1. The zero-order valence-corrected chi connectivity index (χ0v) is 9.93. The third-order valence-electron chi connectivity index (χ3n) is 4.30. The molecule has 2 heteroatoms. The zero-order valence-electron chi connectivity index (χ0n) is 9.93. The minimum Gasteiger partial charge on any atom is -0.343 e. The number of carbonyl (C=O) groups excluding carboxylic acids is 1. The van der Waals surface area contributed by atoms with Crippen molar-refractivity contribution in [3.63, 3.8) is 0 Å². The highest BCUT2D eigenvalue weighted by atomic mass is 16.2. The smallest absolute Gasteiger partial charge is 0.222 e. The lowest BCUT2D eigenvalue weighted by molar-refractivity contribution is -0.133. The van der Waals surface area contributed by atoms with Crippen molar-refractivity contribution in [2.45, 2.75) is 58.3 Å². The highest BCUT2D eigenvalue weighted by molar-refractivity contribution is 5.76. The van der Waals surface area contributed by atoms with Crippen LogP contribution in [0, 0.1) is 5.41 Å². The first-order valence-corrected chi connectivity index (χ1v) is 6.54. The van der Waals surface area contributed by atoms with E-state index in [1.807, 2.05) is 0 Å². The van der Waals surface area contributed by atoms with Gasteiger partial charge in [-0.3, -0.25) is 4.79 Å². The first kappa shape index (κ1) is 11.0. The SMILES string of the molecule is CCCC(=O)N1CCC2(CCCC2)CC1. The molecule has 2 nitrogen and oxygen atoms in total. The van der Waals surface area contributed by atoms with E-state index >= 15 is 0 Å². The van der Waals surface area contributed by atoms with Crippen molar-refractivity contribution in [3.8, 4) is 0 Å². The molecule has 0 aromatic carbocycles. The monoisotopic (exact) mass is 209 g/mol. The molecule has 1 heterocycles. The van der Waals surface area contributed by atoms with Crippen LogP contribution in [0.1, 0.15) is 58.3 Å². The highest BCUT2D eigenvalue weighted by Crippen LogP contribution is 2.46. The van der Waals surface area contributed by atoms with E-state index in [0.717, 1.165) is 25.9 Å². The molecule has 0 radical (unpaired) electrons. The van der Waals surface area contributed by atoms with Crippen LogP contribution < -0.4 is 0 Å².